The van der Waals surface area contributed by atoms with Crippen molar-refractivity contribution in [3.63, 3.8) is 0 Å². The van der Waals surface area contributed by atoms with Crippen molar-refractivity contribution in [1.82, 2.24) is 20.2 Å². The van der Waals surface area contributed by atoms with E-state index < -0.39 is 0 Å². The van der Waals surface area contributed by atoms with Crippen LogP contribution in [-0.2, 0) is 11.3 Å². The van der Waals surface area contributed by atoms with Crippen LogP contribution in [0.25, 0.3) is 0 Å². The lowest BCUT2D eigenvalue weighted by Crippen LogP contribution is -2.19. The highest BCUT2D eigenvalue weighted by Crippen LogP contribution is 2.08. The highest BCUT2D eigenvalue weighted by molar-refractivity contribution is 5.90. The lowest BCUT2D eigenvalue weighted by atomic mass is 10.2. The number of amides is 1. The van der Waals surface area contributed by atoms with Crippen LogP contribution in [0.2, 0.25) is 0 Å². The summed E-state index contributed by atoms with van der Waals surface area (Å²) in [6.45, 7) is 0.0486. The number of benzene rings is 1. The highest BCUT2D eigenvalue weighted by atomic mass is 16.2. The van der Waals surface area contributed by atoms with Gasteiger partial charge in [0.15, 0.2) is 0 Å². The van der Waals surface area contributed by atoms with Gasteiger partial charge in [0, 0.05) is 5.69 Å². The van der Waals surface area contributed by atoms with Crippen molar-refractivity contribution in [3.8, 4) is 6.07 Å². The van der Waals surface area contributed by atoms with Crippen LogP contribution in [0.1, 0.15) is 5.56 Å². The van der Waals surface area contributed by atoms with E-state index in [4.69, 9.17) is 5.26 Å². The van der Waals surface area contributed by atoms with Crippen LogP contribution >= 0.6 is 0 Å². The van der Waals surface area contributed by atoms with Crippen LogP contribution < -0.4 is 5.32 Å². The van der Waals surface area contributed by atoms with E-state index in [1.54, 1.807) is 24.3 Å². The van der Waals surface area contributed by atoms with Gasteiger partial charge in [-0.25, -0.2) is 4.68 Å². The van der Waals surface area contributed by atoms with Gasteiger partial charge in [-0.15, -0.1) is 5.10 Å². The molecule has 0 aliphatic heterocycles. The van der Waals surface area contributed by atoms with Crippen molar-refractivity contribution >= 4 is 11.6 Å². The molecule has 0 saturated heterocycles. The van der Waals surface area contributed by atoms with Crippen molar-refractivity contribution in [1.29, 1.82) is 5.26 Å². The summed E-state index contributed by atoms with van der Waals surface area (Å²) in [5.74, 6) is -0.234. The molecule has 1 heterocycles. The Labute approximate surface area is 96.7 Å². The predicted octanol–water partition coefficient (Wildman–Crippen LogP) is 0.183. The molecular weight excluding hydrogens is 220 g/mol. The fraction of sp³-hybridized carbons (Fsp3) is 0.100. The molecule has 1 amide bonds. The number of carbonyl (C=O) groups excluding carboxylic acids is 1. The zero-order valence-electron chi connectivity index (χ0n) is 8.74. The first kappa shape index (κ1) is 10.8. The van der Waals surface area contributed by atoms with Crippen molar-refractivity contribution < 1.29 is 4.79 Å². The predicted molar refractivity (Wildman–Crippen MR) is 57.6 cm³/mol. The smallest absolute Gasteiger partial charge is 0.246 e. The summed E-state index contributed by atoms with van der Waals surface area (Å²) in [5.41, 5.74) is 1.17. The van der Waals surface area contributed by atoms with Gasteiger partial charge in [-0.2, -0.15) is 5.26 Å². The maximum Gasteiger partial charge on any atom is 0.246 e. The van der Waals surface area contributed by atoms with Gasteiger partial charge < -0.3 is 5.32 Å². The standard InChI is InChI=1S/C10H8N6O/c11-5-8-1-3-9(4-2-8)13-10(17)6-16-7-12-14-15-16/h1-4,7H,6H2,(H,13,17). The Balaban J connectivity index is 1.96. The number of carbonyl (C=O) groups is 1. The fourth-order valence-electron chi connectivity index (χ4n) is 1.23. The van der Waals surface area contributed by atoms with E-state index >= 15 is 0 Å². The van der Waals surface area contributed by atoms with Crippen LogP contribution in [0.5, 0.6) is 0 Å². The number of nitrogens with one attached hydrogen (secondary N) is 1. The molecule has 0 unspecified atom stereocenters. The van der Waals surface area contributed by atoms with Gasteiger partial charge in [0.05, 0.1) is 11.6 Å². The van der Waals surface area contributed by atoms with Gasteiger partial charge >= 0.3 is 0 Å². The molecule has 0 spiro atoms. The topological polar surface area (TPSA) is 96.5 Å². The molecule has 0 saturated carbocycles. The number of tetrazole rings is 1. The number of anilines is 1. The van der Waals surface area contributed by atoms with Gasteiger partial charge in [-0.1, -0.05) is 0 Å². The number of hydrogen-bond acceptors (Lipinski definition) is 5. The Morgan fingerprint density at radius 3 is 2.76 bits per heavy atom. The molecule has 7 nitrogen and oxygen atoms in total. The summed E-state index contributed by atoms with van der Waals surface area (Å²) < 4.78 is 1.32. The van der Waals surface area contributed by atoms with Crippen LogP contribution in [0.15, 0.2) is 30.6 Å². The summed E-state index contributed by atoms with van der Waals surface area (Å²) in [4.78, 5) is 11.5. The van der Waals surface area contributed by atoms with Crippen LogP contribution in [0.3, 0.4) is 0 Å². The van der Waals surface area contributed by atoms with Gasteiger partial charge in [0.25, 0.3) is 0 Å². The molecule has 0 fully saturated rings. The number of aromatic nitrogens is 4. The van der Waals surface area contributed by atoms with Crippen molar-refractivity contribution in [3.05, 3.63) is 36.2 Å². The molecule has 1 aromatic heterocycles. The molecule has 0 atom stereocenters. The zero-order valence-corrected chi connectivity index (χ0v) is 8.74. The number of hydrogen-bond donors (Lipinski definition) is 1. The third-order valence-electron chi connectivity index (χ3n) is 1.99. The number of rotatable bonds is 3. The summed E-state index contributed by atoms with van der Waals surface area (Å²) in [6, 6.07) is 8.59. The first-order valence-electron chi connectivity index (χ1n) is 4.79. The Kier molecular flexibility index (Phi) is 3.07. The van der Waals surface area contributed by atoms with E-state index in [-0.39, 0.29) is 12.5 Å². The molecule has 2 rings (SSSR count). The molecule has 0 aliphatic carbocycles. The van der Waals surface area contributed by atoms with E-state index in [0.717, 1.165) is 0 Å². The summed E-state index contributed by atoms with van der Waals surface area (Å²) in [5, 5.41) is 21.7. The first-order valence-corrected chi connectivity index (χ1v) is 4.79. The van der Waals surface area contributed by atoms with E-state index in [0.29, 0.717) is 11.3 Å². The summed E-state index contributed by atoms with van der Waals surface area (Å²) in [6.07, 6.45) is 1.36. The molecule has 2 aromatic rings. The minimum atomic E-state index is -0.234. The molecule has 0 aliphatic rings. The average Bonchev–Trinajstić information content (AvgIpc) is 2.82. The highest BCUT2D eigenvalue weighted by Gasteiger charge is 2.04. The molecule has 0 bridgehead atoms. The van der Waals surface area contributed by atoms with E-state index in [9.17, 15) is 4.79 Å². The summed E-state index contributed by atoms with van der Waals surface area (Å²) >= 11 is 0. The zero-order chi connectivity index (χ0) is 12.1. The second-order valence-electron chi connectivity index (χ2n) is 3.24. The second-order valence-corrected chi connectivity index (χ2v) is 3.24. The quantitative estimate of drug-likeness (QED) is 0.808. The van der Waals surface area contributed by atoms with E-state index in [1.807, 2.05) is 6.07 Å². The second kappa shape index (κ2) is 4.85. The van der Waals surface area contributed by atoms with Gasteiger partial charge in [-0.3, -0.25) is 4.79 Å². The lowest BCUT2D eigenvalue weighted by Gasteiger charge is -2.04. The minimum absolute atomic E-state index is 0.0486. The lowest BCUT2D eigenvalue weighted by molar-refractivity contribution is -0.116. The van der Waals surface area contributed by atoms with Crippen LogP contribution in [-0.4, -0.2) is 26.1 Å². The molecule has 17 heavy (non-hydrogen) atoms. The van der Waals surface area contributed by atoms with Crippen molar-refractivity contribution in [2.24, 2.45) is 0 Å². The van der Waals surface area contributed by atoms with E-state index in [1.165, 1.54) is 11.0 Å². The fourth-order valence-corrected chi connectivity index (χ4v) is 1.23. The van der Waals surface area contributed by atoms with Gasteiger partial charge in [-0.05, 0) is 34.7 Å². The Morgan fingerprint density at radius 1 is 1.41 bits per heavy atom. The molecule has 84 valence electrons. The van der Waals surface area contributed by atoms with Crippen molar-refractivity contribution in [2.45, 2.75) is 6.54 Å². The maximum atomic E-state index is 11.5. The first-order chi connectivity index (χ1) is 8.28. The SMILES string of the molecule is N#Cc1ccc(NC(=O)Cn2cnnn2)cc1. The third-order valence-corrected chi connectivity index (χ3v) is 1.99. The van der Waals surface area contributed by atoms with Gasteiger partial charge in [0.1, 0.15) is 12.9 Å². The molecular formula is C10H8N6O. The molecule has 1 aromatic carbocycles. The third kappa shape index (κ3) is 2.85. The maximum absolute atomic E-state index is 11.5. The summed E-state index contributed by atoms with van der Waals surface area (Å²) in [7, 11) is 0. The Hall–Kier alpha value is -2.75. The molecule has 1 N–H and O–H groups in total. The average molecular weight is 228 g/mol. The molecule has 0 radical (unpaired) electrons. The Bertz CT molecular complexity index is 539. The van der Waals surface area contributed by atoms with Crippen LogP contribution in [0.4, 0.5) is 5.69 Å². The minimum Gasteiger partial charge on any atom is -0.324 e. The normalized spacial score (nSPS) is 9.59. The number of nitrogens with zero attached hydrogens (tertiary/aromatic N) is 5. The van der Waals surface area contributed by atoms with Crippen molar-refractivity contribution in [2.75, 3.05) is 5.32 Å². The Morgan fingerprint density at radius 2 is 2.18 bits per heavy atom. The van der Waals surface area contributed by atoms with E-state index in [2.05, 4.69) is 20.8 Å². The number of nitriles is 1. The monoisotopic (exact) mass is 228 g/mol. The molecule has 7 heteroatoms. The van der Waals surface area contributed by atoms with Crippen LogP contribution in [0, 0.1) is 11.3 Å². The largest absolute Gasteiger partial charge is 0.324 e. The van der Waals surface area contributed by atoms with Gasteiger partial charge in [0.2, 0.25) is 5.91 Å².